The van der Waals surface area contributed by atoms with Gasteiger partial charge in [0, 0.05) is 29.3 Å². The van der Waals surface area contributed by atoms with Crippen molar-refractivity contribution < 1.29 is 8.42 Å². The van der Waals surface area contributed by atoms with Gasteiger partial charge >= 0.3 is 0 Å². The Labute approximate surface area is 95.8 Å². The van der Waals surface area contributed by atoms with Crippen LogP contribution in [-0.4, -0.2) is 18.2 Å². The number of benzene rings is 1. The van der Waals surface area contributed by atoms with E-state index in [1.54, 1.807) is 13.2 Å². The van der Waals surface area contributed by atoms with Crippen molar-refractivity contribution in [1.82, 2.24) is 9.78 Å². The molecule has 0 saturated heterocycles. The Morgan fingerprint density at radius 2 is 2.07 bits per heavy atom. The first kappa shape index (κ1) is 10.7. The first-order chi connectivity index (χ1) is 6.89. The summed E-state index contributed by atoms with van der Waals surface area (Å²) in [7, 11) is 3.17. The van der Waals surface area contributed by atoms with Crippen molar-refractivity contribution in [3.63, 3.8) is 0 Å². The summed E-state index contributed by atoms with van der Waals surface area (Å²) in [4.78, 5) is -0.0239. The molecule has 0 aliphatic carbocycles. The summed E-state index contributed by atoms with van der Waals surface area (Å²) < 4.78 is 24.0. The topological polar surface area (TPSA) is 52.0 Å². The van der Waals surface area contributed by atoms with Gasteiger partial charge in [0.25, 0.3) is 9.05 Å². The van der Waals surface area contributed by atoms with Gasteiger partial charge < -0.3 is 0 Å². The maximum atomic E-state index is 11.2. The van der Waals surface area contributed by atoms with Gasteiger partial charge in [-0.05, 0) is 12.1 Å². The third-order valence-corrected chi connectivity index (χ3v) is 3.65. The molecule has 0 atom stereocenters. The van der Waals surface area contributed by atoms with E-state index in [0.29, 0.717) is 15.9 Å². The van der Waals surface area contributed by atoms with Crippen molar-refractivity contribution in [1.29, 1.82) is 0 Å². The van der Waals surface area contributed by atoms with E-state index < -0.39 is 9.05 Å². The second kappa shape index (κ2) is 3.37. The van der Waals surface area contributed by atoms with Crippen molar-refractivity contribution >= 4 is 42.2 Å². The Morgan fingerprint density at radius 1 is 1.40 bits per heavy atom. The van der Waals surface area contributed by atoms with Crippen LogP contribution in [0.25, 0.3) is 10.9 Å². The number of aryl methyl sites for hydroxylation is 1. The van der Waals surface area contributed by atoms with E-state index >= 15 is 0 Å². The minimum atomic E-state index is -3.80. The molecule has 0 fully saturated rings. The highest BCUT2D eigenvalue weighted by atomic mass is 35.7. The van der Waals surface area contributed by atoms with Gasteiger partial charge in [0.15, 0.2) is 0 Å². The number of rotatable bonds is 1. The molecule has 1 aromatic heterocycles. The molecule has 0 unspecified atom stereocenters. The smallest absolute Gasteiger partial charge is 0.263 e. The number of nitrogens with zero attached hydrogens (tertiary/aromatic N) is 2. The van der Waals surface area contributed by atoms with E-state index in [1.807, 2.05) is 0 Å². The van der Waals surface area contributed by atoms with Gasteiger partial charge in [0.05, 0.1) is 5.02 Å². The fourth-order valence-electron chi connectivity index (χ4n) is 1.36. The van der Waals surface area contributed by atoms with E-state index in [9.17, 15) is 8.42 Å². The van der Waals surface area contributed by atoms with Gasteiger partial charge in [0.1, 0.15) is 10.4 Å². The molecule has 0 aliphatic rings. The quantitative estimate of drug-likeness (QED) is 0.742. The molecule has 80 valence electrons. The second-order valence-corrected chi connectivity index (χ2v) is 5.99. The summed E-state index contributed by atoms with van der Waals surface area (Å²) in [5.74, 6) is 0. The maximum Gasteiger partial charge on any atom is 0.263 e. The highest BCUT2D eigenvalue weighted by Gasteiger charge is 2.18. The lowest BCUT2D eigenvalue weighted by Gasteiger charge is -1.98. The van der Waals surface area contributed by atoms with Crippen LogP contribution in [0.2, 0.25) is 5.02 Å². The van der Waals surface area contributed by atoms with E-state index in [0.717, 1.165) is 0 Å². The average molecular weight is 265 g/mol. The summed E-state index contributed by atoms with van der Waals surface area (Å²) >= 11 is 5.90. The van der Waals surface area contributed by atoms with Gasteiger partial charge in [-0.3, -0.25) is 4.68 Å². The molecule has 0 amide bonds. The van der Waals surface area contributed by atoms with Gasteiger partial charge in [-0.15, -0.1) is 0 Å². The van der Waals surface area contributed by atoms with Crippen LogP contribution in [0.3, 0.4) is 0 Å². The Hall–Kier alpha value is -0.780. The van der Waals surface area contributed by atoms with Gasteiger partial charge in [-0.1, -0.05) is 11.6 Å². The van der Waals surface area contributed by atoms with Crippen molar-refractivity contribution in [3.8, 4) is 0 Å². The third kappa shape index (κ3) is 1.82. The molecule has 1 aromatic carbocycles. The van der Waals surface area contributed by atoms with Crippen LogP contribution in [0.15, 0.2) is 23.2 Å². The van der Waals surface area contributed by atoms with Crippen LogP contribution in [0.5, 0.6) is 0 Å². The molecule has 0 bridgehead atoms. The standard InChI is InChI=1S/C8H6Cl2N2O2S/c1-12-4-5-6(9)2-3-7(8(5)11-12)15(10,13)14/h2-4H,1H3. The van der Waals surface area contributed by atoms with Crippen molar-refractivity contribution in [3.05, 3.63) is 23.4 Å². The maximum absolute atomic E-state index is 11.2. The summed E-state index contributed by atoms with van der Waals surface area (Å²) in [6, 6.07) is 2.83. The molecule has 1 heterocycles. The third-order valence-electron chi connectivity index (χ3n) is 1.96. The Morgan fingerprint density at radius 3 is 2.67 bits per heavy atom. The molecule has 4 nitrogen and oxygen atoms in total. The van der Waals surface area contributed by atoms with E-state index in [4.69, 9.17) is 22.3 Å². The summed E-state index contributed by atoms with van der Waals surface area (Å²) in [5, 5.41) is 5.03. The Balaban J connectivity index is 2.95. The van der Waals surface area contributed by atoms with Crippen LogP contribution in [0.4, 0.5) is 0 Å². The number of halogens is 2. The van der Waals surface area contributed by atoms with E-state index in [2.05, 4.69) is 5.10 Å². The summed E-state index contributed by atoms with van der Waals surface area (Å²) in [5.41, 5.74) is 0.292. The number of hydrogen-bond acceptors (Lipinski definition) is 3. The zero-order valence-electron chi connectivity index (χ0n) is 7.61. The van der Waals surface area contributed by atoms with Crippen molar-refractivity contribution in [2.75, 3.05) is 0 Å². The van der Waals surface area contributed by atoms with Crippen LogP contribution >= 0.6 is 22.3 Å². The Bertz CT molecular complexity index is 633. The lowest BCUT2D eigenvalue weighted by molar-refractivity contribution is 0.610. The highest BCUT2D eigenvalue weighted by Crippen LogP contribution is 2.29. The number of aromatic nitrogens is 2. The van der Waals surface area contributed by atoms with Crippen LogP contribution < -0.4 is 0 Å². The van der Waals surface area contributed by atoms with Crippen molar-refractivity contribution in [2.24, 2.45) is 7.05 Å². The monoisotopic (exact) mass is 264 g/mol. The molecule has 2 rings (SSSR count). The predicted octanol–water partition coefficient (Wildman–Crippen LogP) is 2.15. The molecule has 0 saturated carbocycles. The first-order valence-electron chi connectivity index (χ1n) is 3.96. The molecule has 7 heteroatoms. The largest absolute Gasteiger partial charge is 0.274 e. The van der Waals surface area contributed by atoms with Gasteiger partial charge in [-0.2, -0.15) is 5.10 Å². The molecule has 0 N–H and O–H groups in total. The van der Waals surface area contributed by atoms with Crippen molar-refractivity contribution in [2.45, 2.75) is 4.90 Å². The molecular weight excluding hydrogens is 259 g/mol. The second-order valence-electron chi connectivity index (χ2n) is 3.05. The predicted molar refractivity (Wildman–Crippen MR) is 58.8 cm³/mol. The van der Waals surface area contributed by atoms with Crippen LogP contribution in [-0.2, 0) is 16.1 Å². The van der Waals surface area contributed by atoms with Crippen LogP contribution in [0, 0.1) is 0 Å². The van der Waals surface area contributed by atoms with E-state index in [-0.39, 0.29) is 4.90 Å². The average Bonchev–Trinajstić information content (AvgIpc) is 2.45. The molecular formula is C8H6Cl2N2O2S. The zero-order chi connectivity index (χ0) is 11.2. The normalized spacial score (nSPS) is 12.2. The lowest BCUT2D eigenvalue weighted by Crippen LogP contribution is -1.93. The molecule has 0 radical (unpaired) electrons. The molecule has 15 heavy (non-hydrogen) atoms. The summed E-state index contributed by atoms with van der Waals surface area (Å²) in [6.07, 6.45) is 1.64. The minimum Gasteiger partial charge on any atom is -0.274 e. The highest BCUT2D eigenvalue weighted by molar-refractivity contribution is 8.14. The van der Waals surface area contributed by atoms with E-state index in [1.165, 1.54) is 16.8 Å². The molecule has 0 spiro atoms. The Kier molecular flexibility index (Phi) is 2.41. The van der Waals surface area contributed by atoms with Gasteiger partial charge in [-0.25, -0.2) is 8.42 Å². The van der Waals surface area contributed by atoms with Crippen LogP contribution in [0.1, 0.15) is 0 Å². The van der Waals surface area contributed by atoms with Gasteiger partial charge in [0.2, 0.25) is 0 Å². The minimum absolute atomic E-state index is 0.0239. The fraction of sp³-hybridized carbons (Fsp3) is 0.125. The fourth-order valence-corrected chi connectivity index (χ4v) is 2.55. The SMILES string of the molecule is Cn1cc2c(Cl)ccc(S(=O)(=O)Cl)c2n1. The summed E-state index contributed by atoms with van der Waals surface area (Å²) in [6.45, 7) is 0. The zero-order valence-corrected chi connectivity index (χ0v) is 9.94. The molecule has 2 aromatic rings. The first-order valence-corrected chi connectivity index (χ1v) is 6.65. The lowest BCUT2D eigenvalue weighted by atomic mass is 10.2. The molecule has 0 aliphatic heterocycles. The number of hydrogen-bond donors (Lipinski definition) is 0. The number of fused-ring (bicyclic) bond motifs is 1.